The predicted molar refractivity (Wildman–Crippen MR) is 151 cm³/mol. The predicted octanol–water partition coefficient (Wildman–Crippen LogP) is 5.92. The lowest BCUT2D eigenvalue weighted by molar-refractivity contribution is -0.384. The number of benzene rings is 2. The summed E-state index contributed by atoms with van der Waals surface area (Å²) in [6.45, 7) is 5.89. The van der Waals surface area contributed by atoms with Gasteiger partial charge in [-0.05, 0) is 24.3 Å². The number of pyridine rings is 1. The molecule has 0 saturated heterocycles. The van der Waals surface area contributed by atoms with Crippen molar-refractivity contribution in [2.24, 2.45) is 0 Å². The number of halogens is 1. The van der Waals surface area contributed by atoms with Crippen molar-refractivity contribution in [3.05, 3.63) is 93.4 Å². The van der Waals surface area contributed by atoms with Gasteiger partial charge in [0.25, 0.3) is 11.6 Å². The van der Waals surface area contributed by atoms with Crippen molar-refractivity contribution in [2.75, 3.05) is 17.7 Å². The van der Waals surface area contributed by atoms with Crippen molar-refractivity contribution in [1.82, 2.24) is 20.1 Å². The minimum Gasteiger partial charge on any atom is -0.457 e. The van der Waals surface area contributed by atoms with Gasteiger partial charge in [0.1, 0.15) is 23.0 Å². The molecule has 0 radical (unpaired) electrons. The van der Waals surface area contributed by atoms with E-state index >= 15 is 0 Å². The standard InChI is InChI=1S/C27H26ClN7O5/c1-27(2,3)23-15-24(34(33-23)16-6-5-7-17(12-16)35(38)39)32-26(37)31-21-9-8-18(13-20(21)28)40-19-10-11-30-22(14-19)25(36)29-4/h5-15H,1-4H3,(H,29,36)(H2,31,32,37). The van der Waals surface area contributed by atoms with Gasteiger partial charge >= 0.3 is 6.03 Å². The number of nitro groups is 1. The van der Waals surface area contributed by atoms with E-state index in [9.17, 15) is 19.7 Å². The van der Waals surface area contributed by atoms with Gasteiger partial charge in [-0.25, -0.2) is 9.48 Å². The van der Waals surface area contributed by atoms with E-state index in [1.165, 1.54) is 42.2 Å². The van der Waals surface area contributed by atoms with E-state index in [-0.39, 0.29) is 27.7 Å². The molecule has 3 N–H and O–H groups in total. The Hall–Kier alpha value is -4.97. The number of anilines is 2. The molecule has 40 heavy (non-hydrogen) atoms. The van der Waals surface area contributed by atoms with Crippen LogP contribution in [0, 0.1) is 10.1 Å². The van der Waals surface area contributed by atoms with Crippen molar-refractivity contribution in [3.63, 3.8) is 0 Å². The van der Waals surface area contributed by atoms with E-state index in [0.29, 0.717) is 34.4 Å². The highest BCUT2D eigenvalue weighted by Crippen LogP contribution is 2.31. The first-order chi connectivity index (χ1) is 18.9. The van der Waals surface area contributed by atoms with Crippen LogP contribution in [0.1, 0.15) is 37.0 Å². The van der Waals surface area contributed by atoms with E-state index in [1.54, 1.807) is 36.4 Å². The maximum absolute atomic E-state index is 13.0. The third kappa shape index (κ3) is 6.53. The van der Waals surface area contributed by atoms with Gasteiger partial charge in [0.15, 0.2) is 0 Å². The second-order valence-corrected chi connectivity index (χ2v) is 10.0. The zero-order chi connectivity index (χ0) is 29.0. The van der Waals surface area contributed by atoms with E-state index in [4.69, 9.17) is 16.3 Å². The number of nitro benzene ring substituents is 1. The van der Waals surface area contributed by atoms with Crippen LogP contribution in [0.4, 0.5) is 22.0 Å². The Morgan fingerprint density at radius 1 is 1.02 bits per heavy atom. The summed E-state index contributed by atoms with van der Waals surface area (Å²) < 4.78 is 7.22. The van der Waals surface area contributed by atoms with Gasteiger partial charge in [-0.3, -0.25) is 25.2 Å². The summed E-state index contributed by atoms with van der Waals surface area (Å²) in [6.07, 6.45) is 1.45. The maximum atomic E-state index is 13.0. The first kappa shape index (κ1) is 28.0. The minimum absolute atomic E-state index is 0.105. The van der Waals surface area contributed by atoms with Crippen LogP contribution in [-0.2, 0) is 5.41 Å². The third-order valence-electron chi connectivity index (χ3n) is 5.62. The summed E-state index contributed by atoms with van der Waals surface area (Å²) in [5.74, 6) is 0.717. The van der Waals surface area contributed by atoms with E-state index in [2.05, 4.69) is 26.0 Å². The number of urea groups is 1. The summed E-state index contributed by atoms with van der Waals surface area (Å²) in [5.41, 5.74) is 1.13. The molecule has 0 bridgehead atoms. The van der Waals surface area contributed by atoms with Crippen LogP contribution in [0.15, 0.2) is 66.9 Å². The molecule has 0 spiro atoms. The van der Waals surface area contributed by atoms with Gasteiger partial charge in [-0.15, -0.1) is 0 Å². The van der Waals surface area contributed by atoms with Crippen molar-refractivity contribution < 1.29 is 19.2 Å². The summed E-state index contributed by atoms with van der Waals surface area (Å²) in [6, 6.07) is 14.8. The fourth-order valence-corrected chi connectivity index (χ4v) is 3.78. The van der Waals surface area contributed by atoms with Gasteiger partial charge in [0, 0.05) is 49.0 Å². The molecule has 0 saturated carbocycles. The van der Waals surface area contributed by atoms with E-state index < -0.39 is 11.0 Å². The van der Waals surface area contributed by atoms with Crippen LogP contribution in [0.2, 0.25) is 5.02 Å². The lowest BCUT2D eigenvalue weighted by Gasteiger charge is -2.14. The SMILES string of the molecule is CNC(=O)c1cc(Oc2ccc(NC(=O)Nc3cc(C(C)(C)C)nn3-c3cccc([N+](=O)[O-])c3)c(Cl)c2)ccn1. The van der Waals surface area contributed by atoms with Crippen LogP contribution in [0.3, 0.4) is 0 Å². The zero-order valence-electron chi connectivity index (χ0n) is 22.1. The van der Waals surface area contributed by atoms with Crippen LogP contribution in [0.5, 0.6) is 11.5 Å². The van der Waals surface area contributed by atoms with E-state index in [1.807, 2.05) is 20.8 Å². The summed E-state index contributed by atoms with van der Waals surface area (Å²) in [5, 5.41) is 24.0. The smallest absolute Gasteiger partial charge is 0.324 e. The molecule has 4 rings (SSSR count). The number of ether oxygens (including phenoxy) is 1. The van der Waals surface area contributed by atoms with Crippen LogP contribution < -0.4 is 20.7 Å². The molecule has 2 aromatic carbocycles. The maximum Gasteiger partial charge on any atom is 0.324 e. The van der Waals surface area contributed by atoms with Gasteiger partial charge in [-0.2, -0.15) is 5.10 Å². The minimum atomic E-state index is -0.605. The average molecular weight is 564 g/mol. The molecule has 0 aliphatic heterocycles. The largest absolute Gasteiger partial charge is 0.457 e. The van der Waals surface area contributed by atoms with Crippen LogP contribution in [-0.4, -0.2) is 38.7 Å². The number of carbonyl (C=O) groups excluding carboxylic acids is 2. The topological polar surface area (TPSA) is 153 Å². The van der Waals surface area contributed by atoms with E-state index in [0.717, 1.165) is 0 Å². The lowest BCUT2D eigenvalue weighted by Crippen LogP contribution is -2.21. The molecule has 0 unspecified atom stereocenters. The number of amides is 3. The van der Waals surface area contributed by atoms with Crippen molar-refractivity contribution in [2.45, 2.75) is 26.2 Å². The summed E-state index contributed by atoms with van der Waals surface area (Å²) in [4.78, 5) is 39.5. The highest BCUT2D eigenvalue weighted by molar-refractivity contribution is 6.34. The van der Waals surface area contributed by atoms with Gasteiger partial charge in [0.2, 0.25) is 0 Å². The Kier molecular flexibility index (Phi) is 8.00. The highest BCUT2D eigenvalue weighted by atomic mass is 35.5. The Morgan fingerprint density at radius 3 is 2.45 bits per heavy atom. The number of aromatic nitrogens is 3. The number of hydrogen-bond donors (Lipinski definition) is 3. The van der Waals surface area contributed by atoms with Crippen molar-refractivity contribution >= 4 is 40.7 Å². The Labute approximate surface area is 234 Å². The van der Waals surface area contributed by atoms with Crippen LogP contribution in [0.25, 0.3) is 5.69 Å². The number of rotatable bonds is 7. The third-order valence-corrected chi connectivity index (χ3v) is 5.93. The van der Waals surface area contributed by atoms with Crippen molar-refractivity contribution in [1.29, 1.82) is 0 Å². The highest BCUT2D eigenvalue weighted by Gasteiger charge is 2.22. The summed E-state index contributed by atoms with van der Waals surface area (Å²) in [7, 11) is 1.50. The molecule has 12 nitrogen and oxygen atoms in total. The number of nitrogens with one attached hydrogen (secondary N) is 3. The number of carbonyl (C=O) groups is 2. The molecule has 4 aromatic rings. The first-order valence-electron chi connectivity index (χ1n) is 12.0. The molecule has 0 fully saturated rings. The fourth-order valence-electron chi connectivity index (χ4n) is 3.57. The lowest BCUT2D eigenvalue weighted by atomic mass is 9.92. The Balaban J connectivity index is 1.53. The van der Waals surface area contributed by atoms with Gasteiger partial charge < -0.3 is 15.4 Å². The molecule has 0 aliphatic carbocycles. The Morgan fingerprint density at radius 2 is 1.77 bits per heavy atom. The van der Waals surface area contributed by atoms with Gasteiger partial charge in [-0.1, -0.05) is 38.4 Å². The first-order valence-corrected chi connectivity index (χ1v) is 12.4. The molecule has 3 amide bonds. The molecule has 206 valence electrons. The zero-order valence-corrected chi connectivity index (χ0v) is 22.8. The van der Waals surface area contributed by atoms with Crippen molar-refractivity contribution in [3.8, 4) is 17.2 Å². The molecular weight excluding hydrogens is 538 g/mol. The molecule has 2 aromatic heterocycles. The quantitative estimate of drug-likeness (QED) is 0.186. The van der Waals surface area contributed by atoms with Crippen LogP contribution >= 0.6 is 11.6 Å². The monoisotopic (exact) mass is 563 g/mol. The fraction of sp³-hybridized carbons (Fsp3) is 0.185. The molecule has 0 aliphatic rings. The molecule has 13 heteroatoms. The summed E-state index contributed by atoms with van der Waals surface area (Å²) >= 11 is 6.40. The average Bonchev–Trinajstić information content (AvgIpc) is 3.34. The normalized spacial score (nSPS) is 11.0. The number of non-ortho nitro benzene ring substituents is 1. The molecule has 2 heterocycles. The number of hydrogen-bond acceptors (Lipinski definition) is 7. The second kappa shape index (κ2) is 11.4. The van der Waals surface area contributed by atoms with Gasteiger partial charge in [0.05, 0.1) is 27.0 Å². The Bertz CT molecular complexity index is 1600. The molecule has 0 atom stereocenters. The molecular formula is C27H26ClN7O5. The number of nitrogens with zero attached hydrogens (tertiary/aromatic N) is 4. The second-order valence-electron chi connectivity index (χ2n) is 9.63.